The minimum absolute atomic E-state index is 0.885. The predicted molar refractivity (Wildman–Crippen MR) is 112 cm³/mol. The van der Waals surface area contributed by atoms with Crippen molar-refractivity contribution in [3.8, 4) is 0 Å². The summed E-state index contributed by atoms with van der Waals surface area (Å²) in [4.78, 5) is 0. The molecule has 0 saturated heterocycles. The predicted octanol–water partition coefficient (Wildman–Crippen LogP) is 4.67. The fourth-order valence-corrected chi connectivity index (χ4v) is 8.32. The Morgan fingerprint density at radius 2 is 1.08 bits per heavy atom. The van der Waals surface area contributed by atoms with Crippen LogP contribution in [-0.4, -0.2) is 8.07 Å². The zero-order valence-electron chi connectivity index (χ0n) is 14.7. The molecule has 1 nitrogen and oxygen atoms in total. The van der Waals surface area contributed by atoms with Crippen molar-refractivity contribution in [2.75, 3.05) is 0 Å². The van der Waals surface area contributed by atoms with E-state index in [0.717, 1.165) is 10.6 Å². The maximum atomic E-state index is 14.0. The molecule has 3 aromatic carbocycles. The molecule has 0 heterocycles. The number of benzene rings is 3. The summed E-state index contributed by atoms with van der Waals surface area (Å²) in [5, 5.41) is 3.12. The summed E-state index contributed by atoms with van der Waals surface area (Å²) in [5.41, 5.74) is 2.23. The van der Waals surface area contributed by atoms with E-state index in [9.17, 15) is 4.57 Å². The van der Waals surface area contributed by atoms with Crippen LogP contribution in [-0.2, 0) is 4.57 Å². The van der Waals surface area contributed by atoms with E-state index in [1.807, 2.05) is 72.5 Å². The van der Waals surface area contributed by atoms with Crippen LogP contribution in [0.25, 0.3) is 0 Å². The van der Waals surface area contributed by atoms with Crippen LogP contribution in [0.4, 0.5) is 0 Å². The minimum atomic E-state index is -2.79. The Kier molecular flexibility index (Phi) is 5.22. The maximum absolute atomic E-state index is 14.0. The lowest BCUT2D eigenvalue weighted by Crippen LogP contribution is -2.39. The molecule has 0 radical (unpaired) electrons. The molecule has 3 aromatic rings. The molecule has 3 heteroatoms. The van der Waals surface area contributed by atoms with E-state index >= 15 is 0 Å². The third kappa shape index (κ3) is 3.92. The second-order valence-corrected chi connectivity index (χ2v) is 13.7. The van der Waals surface area contributed by atoms with Gasteiger partial charge in [-0.1, -0.05) is 115 Å². The summed E-state index contributed by atoms with van der Waals surface area (Å²) < 4.78 is 14.0. The third-order valence-corrected chi connectivity index (χ3v) is 10.3. The van der Waals surface area contributed by atoms with Gasteiger partial charge in [0.2, 0.25) is 0 Å². The van der Waals surface area contributed by atoms with Gasteiger partial charge in [0.05, 0.1) is 0 Å². The van der Waals surface area contributed by atoms with E-state index in [2.05, 4.69) is 43.1 Å². The van der Waals surface area contributed by atoms with Crippen LogP contribution in [0.3, 0.4) is 0 Å². The molecule has 0 aliphatic rings. The highest BCUT2D eigenvalue weighted by Gasteiger charge is 2.27. The van der Waals surface area contributed by atoms with Gasteiger partial charge in [-0.3, -0.25) is 0 Å². The van der Waals surface area contributed by atoms with Crippen LogP contribution in [0, 0.1) is 0 Å². The van der Waals surface area contributed by atoms with Crippen LogP contribution in [0.15, 0.2) is 103 Å². The minimum Gasteiger partial charge on any atom is -0.309 e. The van der Waals surface area contributed by atoms with Gasteiger partial charge in [-0.2, -0.15) is 0 Å². The van der Waals surface area contributed by atoms with Crippen molar-refractivity contribution >= 4 is 31.0 Å². The second kappa shape index (κ2) is 7.39. The van der Waals surface area contributed by atoms with Crippen molar-refractivity contribution in [2.24, 2.45) is 0 Å². The van der Waals surface area contributed by atoms with E-state index in [0.29, 0.717) is 0 Å². The van der Waals surface area contributed by atoms with Crippen LogP contribution < -0.4 is 15.8 Å². The standard InChI is InChI=1S/C22H23OPSi/c1-25(2,22-16-10-5-11-17-22)19-18-24(23,20-12-6-3-7-13-20)21-14-8-4-9-15-21/h3-19H,1-2H3/b19-18+. The highest BCUT2D eigenvalue weighted by atomic mass is 31.2. The summed E-state index contributed by atoms with van der Waals surface area (Å²) in [7, 11) is -4.59. The van der Waals surface area contributed by atoms with Crippen molar-refractivity contribution in [1.82, 2.24) is 0 Å². The maximum Gasteiger partial charge on any atom is 0.163 e. The Morgan fingerprint density at radius 1 is 0.680 bits per heavy atom. The fraction of sp³-hybridized carbons (Fsp3) is 0.0909. The van der Waals surface area contributed by atoms with E-state index < -0.39 is 15.2 Å². The molecule has 25 heavy (non-hydrogen) atoms. The number of hydrogen-bond acceptors (Lipinski definition) is 1. The Bertz CT molecular complexity index is 844. The van der Waals surface area contributed by atoms with Crippen molar-refractivity contribution in [3.05, 3.63) is 103 Å². The number of rotatable bonds is 5. The first kappa shape index (κ1) is 17.7. The van der Waals surface area contributed by atoms with Crippen molar-refractivity contribution in [1.29, 1.82) is 0 Å². The molecule has 0 saturated carbocycles. The molecule has 0 fully saturated rings. The van der Waals surface area contributed by atoms with Gasteiger partial charge in [-0.25, -0.2) is 0 Å². The van der Waals surface area contributed by atoms with Crippen LogP contribution in [0.5, 0.6) is 0 Å². The molecule has 0 N–H and O–H groups in total. The van der Waals surface area contributed by atoms with Gasteiger partial charge in [-0.05, 0) is 5.82 Å². The van der Waals surface area contributed by atoms with Crippen LogP contribution in [0.1, 0.15) is 0 Å². The first-order valence-corrected chi connectivity index (χ1v) is 13.3. The molecular formula is C22H23OPSi. The Labute approximate surface area is 151 Å². The van der Waals surface area contributed by atoms with Crippen molar-refractivity contribution in [3.63, 3.8) is 0 Å². The highest BCUT2D eigenvalue weighted by Crippen LogP contribution is 2.45. The van der Waals surface area contributed by atoms with E-state index in [1.54, 1.807) is 0 Å². The molecule has 0 unspecified atom stereocenters. The van der Waals surface area contributed by atoms with Crippen LogP contribution >= 0.6 is 7.14 Å². The largest absolute Gasteiger partial charge is 0.309 e. The molecule has 0 aliphatic heterocycles. The average Bonchev–Trinajstić information content (AvgIpc) is 2.68. The van der Waals surface area contributed by atoms with Crippen LogP contribution in [0.2, 0.25) is 13.1 Å². The van der Waals surface area contributed by atoms with Crippen molar-refractivity contribution in [2.45, 2.75) is 13.1 Å². The molecular weight excluding hydrogens is 339 g/mol. The topological polar surface area (TPSA) is 17.1 Å². The first-order chi connectivity index (χ1) is 12.0. The Balaban J connectivity index is 2.07. The quantitative estimate of drug-likeness (QED) is 0.476. The van der Waals surface area contributed by atoms with Gasteiger partial charge in [0.25, 0.3) is 0 Å². The normalized spacial score (nSPS) is 12.4. The molecule has 0 amide bonds. The van der Waals surface area contributed by atoms with Gasteiger partial charge >= 0.3 is 0 Å². The Hall–Kier alpha value is -2.15. The second-order valence-electron chi connectivity index (χ2n) is 6.73. The van der Waals surface area contributed by atoms with Gasteiger partial charge < -0.3 is 4.57 Å². The van der Waals surface area contributed by atoms with Crippen molar-refractivity contribution < 1.29 is 4.57 Å². The van der Waals surface area contributed by atoms with Gasteiger partial charge in [0, 0.05) is 10.6 Å². The number of hydrogen-bond donors (Lipinski definition) is 0. The smallest absolute Gasteiger partial charge is 0.163 e. The molecule has 3 rings (SSSR count). The lowest BCUT2D eigenvalue weighted by molar-refractivity contribution is 0.592. The molecule has 126 valence electrons. The van der Waals surface area contributed by atoms with E-state index in [-0.39, 0.29) is 0 Å². The molecule has 0 spiro atoms. The molecule has 0 aromatic heterocycles. The van der Waals surface area contributed by atoms with Gasteiger partial charge in [-0.15, -0.1) is 0 Å². The monoisotopic (exact) mass is 362 g/mol. The Morgan fingerprint density at radius 3 is 1.52 bits per heavy atom. The highest BCUT2D eigenvalue weighted by molar-refractivity contribution is 7.81. The summed E-state index contributed by atoms with van der Waals surface area (Å²) in [6.45, 7) is 4.58. The summed E-state index contributed by atoms with van der Waals surface area (Å²) in [6.07, 6.45) is 0. The summed E-state index contributed by atoms with van der Waals surface area (Å²) in [5.74, 6) is 1.98. The zero-order chi connectivity index (χ0) is 17.8. The SMILES string of the molecule is C[Si](C)(/C=C/P(=O)(c1ccccc1)c1ccccc1)c1ccccc1. The lowest BCUT2D eigenvalue weighted by atomic mass is 10.4. The van der Waals surface area contributed by atoms with E-state index in [1.165, 1.54) is 5.19 Å². The van der Waals surface area contributed by atoms with Gasteiger partial charge in [0.15, 0.2) is 7.14 Å². The molecule has 0 aliphatic carbocycles. The average molecular weight is 362 g/mol. The zero-order valence-corrected chi connectivity index (χ0v) is 16.6. The fourth-order valence-electron chi connectivity index (χ4n) is 2.88. The molecule has 0 atom stereocenters. The third-order valence-electron chi connectivity index (χ3n) is 4.50. The summed E-state index contributed by atoms with van der Waals surface area (Å²) >= 11 is 0. The van der Waals surface area contributed by atoms with E-state index in [4.69, 9.17) is 0 Å². The van der Waals surface area contributed by atoms with Gasteiger partial charge in [0.1, 0.15) is 8.07 Å². The summed E-state index contributed by atoms with van der Waals surface area (Å²) in [6, 6.07) is 30.2. The first-order valence-electron chi connectivity index (χ1n) is 8.49. The molecule has 0 bridgehead atoms. The lowest BCUT2D eigenvalue weighted by Gasteiger charge is -2.21.